The molecule has 0 atom stereocenters. The Kier molecular flexibility index (Phi) is 16.1. The number of esters is 2. The third kappa shape index (κ3) is 17.0. The summed E-state index contributed by atoms with van der Waals surface area (Å²) in [6, 6.07) is 0. The summed E-state index contributed by atoms with van der Waals surface area (Å²) in [5.41, 5.74) is 0. The van der Waals surface area contributed by atoms with Gasteiger partial charge in [-0.1, -0.05) is 62.8 Å². The zero-order valence-corrected chi connectivity index (χ0v) is 18.0. The van der Waals surface area contributed by atoms with Gasteiger partial charge in [-0.2, -0.15) is 0 Å². The fourth-order valence-electron chi connectivity index (χ4n) is 3.20. The van der Waals surface area contributed by atoms with Crippen LogP contribution in [-0.4, -0.2) is 36.4 Å². The normalized spacial score (nSPS) is 23.8. The molecule has 0 spiro atoms. The minimum Gasteiger partial charge on any atom is -0.463 e. The van der Waals surface area contributed by atoms with Crippen LogP contribution in [0.1, 0.15) is 96.3 Å². The maximum atomic E-state index is 11.7. The highest BCUT2D eigenvalue weighted by Gasteiger charge is 2.12. The number of hydrogen-bond acceptors (Lipinski definition) is 5. The Labute approximate surface area is 176 Å². The fraction of sp³-hybridized carbons (Fsp3) is 0.750. The van der Waals surface area contributed by atoms with Crippen molar-refractivity contribution in [3.63, 3.8) is 0 Å². The maximum absolute atomic E-state index is 11.7. The Balaban J connectivity index is 2.29. The number of aliphatic hydroxyl groups is 1. The van der Waals surface area contributed by atoms with Crippen molar-refractivity contribution in [1.29, 1.82) is 0 Å². The van der Waals surface area contributed by atoms with Crippen LogP contribution in [0, 0.1) is 0 Å². The largest absolute Gasteiger partial charge is 0.463 e. The smallest absolute Gasteiger partial charge is 0.305 e. The Morgan fingerprint density at radius 3 is 1.52 bits per heavy atom. The molecule has 0 aromatic rings. The van der Waals surface area contributed by atoms with E-state index in [4.69, 9.17) is 9.47 Å². The predicted molar refractivity (Wildman–Crippen MR) is 115 cm³/mol. The molecule has 1 N–H and O–H groups in total. The number of carbonyl (C=O) groups is 2. The predicted octanol–water partition coefficient (Wildman–Crippen LogP) is 5.41. The van der Waals surface area contributed by atoms with Gasteiger partial charge in [0.2, 0.25) is 0 Å². The van der Waals surface area contributed by atoms with E-state index in [9.17, 15) is 14.7 Å². The van der Waals surface area contributed by atoms with Gasteiger partial charge in [0.25, 0.3) is 0 Å². The summed E-state index contributed by atoms with van der Waals surface area (Å²) >= 11 is 0. The molecule has 0 unspecified atom stereocenters. The van der Waals surface area contributed by atoms with E-state index in [1.54, 1.807) is 0 Å². The van der Waals surface area contributed by atoms with Gasteiger partial charge in [-0.3, -0.25) is 9.59 Å². The summed E-state index contributed by atoms with van der Waals surface area (Å²) in [5.74, 6) is -0.597. The van der Waals surface area contributed by atoms with Crippen LogP contribution in [-0.2, 0) is 19.1 Å². The van der Waals surface area contributed by atoms with Crippen molar-refractivity contribution in [2.75, 3.05) is 13.2 Å². The van der Waals surface area contributed by atoms with Crippen molar-refractivity contribution in [2.24, 2.45) is 0 Å². The van der Waals surface area contributed by atoms with E-state index in [0.717, 1.165) is 57.8 Å². The Hall–Kier alpha value is -1.62. The van der Waals surface area contributed by atoms with Crippen molar-refractivity contribution >= 4 is 11.9 Å². The standard InChI is InChI=1S/C24H40O5/c25-22-20-28-23(26)18-16-14-12-10-8-6-4-2-1-3-5-7-9-11-13-15-17-19-24(27)29-21-22/h2-5,22,25H,1,6-21H2. The third-order valence-corrected chi connectivity index (χ3v) is 4.98. The summed E-state index contributed by atoms with van der Waals surface area (Å²) in [5, 5.41) is 9.79. The van der Waals surface area contributed by atoms with Gasteiger partial charge in [-0.15, -0.1) is 0 Å². The Bertz CT molecular complexity index is 442. The van der Waals surface area contributed by atoms with Crippen molar-refractivity contribution in [2.45, 2.75) is 102 Å². The minimum atomic E-state index is -0.956. The monoisotopic (exact) mass is 408 g/mol. The highest BCUT2D eigenvalue weighted by atomic mass is 16.6. The van der Waals surface area contributed by atoms with E-state index in [1.165, 1.54) is 25.7 Å². The van der Waals surface area contributed by atoms with E-state index in [1.807, 2.05) is 0 Å². The van der Waals surface area contributed by atoms with E-state index in [2.05, 4.69) is 24.3 Å². The van der Waals surface area contributed by atoms with E-state index in [0.29, 0.717) is 12.8 Å². The molecule has 1 aliphatic heterocycles. The number of ether oxygens (including phenoxy) is 2. The first-order chi connectivity index (χ1) is 14.2. The molecule has 0 fully saturated rings. The quantitative estimate of drug-likeness (QED) is 0.428. The number of rotatable bonds is 0. The molecule has 5 heteroatoms. The van der Waals surface area contributed by atoms with Gasteiger partial charge in [-0.25, -0.2) is 0 Å². The van der Waals surface area contributed by atoms with Gasteiger partial charge in [0.15, 0.2) is 0 Å². The molecule has 0 saturated heterocycles. The molecule has 1 heterocycles. The van der Waals surface area contributed by atoms with Gasteiger partial charge in [0.05, 0.1) is 0 Å². The Morgan fingerprint density at radius 1 is 0.621 bits per heavy atom. The lowest BCUT2D eigenvalue weighted by Crippen LogP contribution is -2.25. The van der Waals surface area contributed by atoms with Gasteiger partial charge in [-0.05, 0) is 44.9 Å². The average molecular weight is 409 g/mol. The van der Waals surface area contributed by atoms with Crippen molar-refractivity contribution in [3.05, 3.63) is 24.3 Å². The molecule has 0 aliphatic carbocycles. The molecule has 5 nitrogen and oxygen atoms in total. The van der Waals surface area contributed by atoms with Gasteiger partial charge >= 0.3 is 11.9 Å². The van der Waals surface area contributed by atoms with Crippen LogP contribution < -0.4 is 0 Å². The van der Waals surface area contributed by atoms with Crippen molar-refractivity contribution < 1.29 is 24.2 Å². The molecule has 0 amide bonds. The Morgan fingerprint density at radius 2 is 1.03 bits per heavy atom. The minimum absolute atomic E-state index is 0.118. The summed E-state index contributed by atoms with van der Waals surface area (Å²) in [6.07, 6.45) is 22.7. The number of carbonyl (C=O) groups excluding carboxylic acids is 2. The van der Waals surface area contributed by atoms with Gasteiger partial charge < -0.3 is 14.6 Å². The zero-order valence-electron chi connectivity index (χ0n) is 18.0. The second-order valence-corrected chi connectivity index (χ2v) is 7.81. The highest BCUT2D eigenvalue weighted by Crippen LogP contribution is 2.10. The molecule has 1 aliphatic rings. The van der Waals surface area contributed by atoms with Crippen LogP contribution in [0.4, 0.5) is 0 Å². The average Bonchev–Trinajstić information content (AvgIpc) is 2.71. The first-order valence-corrected chi connectivity index (χ1v) is 11.5. The SMILES string of the molecule is O=C1CCCCCCCC=CCC=CCCCCCCCC(=O)OCC(O)CO1. The lowest BCUT2D eigenvalue weighted by molar-refractivity contribution is -0.152. The molecule has 1 rings (SSSR count). The number of hydrogen-bond donors (Lipinski definition) is 1. The summed E-state index contributed by atoms with van der Waals surface area (Å²) in [6.45, 7) is -0.236. The number of cyclic esters (lactones) is 2. The van der Waals surface area contributed by atoms with E-state index in [-0.39, 0.29) is 25.2 Å². The highest BCUT2D eigenvalue weighted by molar-refractivity contribution is 5.69. The maximum Gasteiger partial charge on any atom is 0.305 e. The second-order valence-electron chi connectivity index (χ2n) is 7.81. The van der Waals surface area contributed by atoms with Crippen LogP contribution in [0.15, 0.2) is 24.3 Å². The molecular weight excluding hydrogens is 368 g/mol. The van der Waals surface area contributed by atoms with Crippen LogP contribution in [0.3, 0.4) is 0 Å². The molecule has 0 saturated carbocycles. The molecule has 0 radical (unpaired) electrons. The molecule has 0 bridgehead atoms. The first kappa shape index (κ1) is 25.4. The van der Waals surface area contributed by atoms with Gasteiger partial charge in [0, 0.05) is 12.8 Å². The fourth-order valence-corrected chi connectivity index (χ4v) is 3.20. The van der Waals surface area contributed by atoms with Crippen LogP contribution in [0.2, 0.25) is 0 Å². The summed E-state index contributed by atoms with van der Waals surface area (Å²) < 4.78 is 10.1. The third-order valence-electron chi connectivity index (χ3n) is 4.98. The van der Waals surface area contributed by atoms with Crippen LogP contribution in [0.25, 0.3) is 0 Å². The molecule has 166 valence electrons. The van der Waals surface area contributed by atoms with Gasteiger partial charge in [0.1, 0.15) is 19.3 Å². The molecular formula is C24H40O5. The second kappa shape index (κ2) is 18.4. The summed E-state index contributed by atoms with van der Waals surface area (Å²) in [7, 11) is 0. The van der Waals surface area contributed by atoms with E-state index >= 15 is 0 Å². The van der Waals surface area contributed by atoms with Crippen LogP contribution in [0.5, 0.6) is 0 Å². The van der Waals surface area contributed by atoms with Crippen molar-refractivity contribution in [1.82, 2.24) is 0 Å². The topological polar surface area (TPSA) is 72.8 Å². The summed E-state index contributed by atoms with van der Waals surface area (Å²) in [4.78, 5) is 23.4. The molecule has 0 aromatic heterocycles. The lowest BCUT2D eigenvalue weighted by Gasteiger charge is -2.12. The van der Waals surface area contributed by atoms with Crippen molar-refractivity contribution in [3.8, 4) is 0 Å². The number of allylic oxidation sites excluding steroid dienone is 4. The van der Waals surface area contributed by atoms with Crippen LogP contribution >= 0.6 is 0 Å². The molecule has 0 aromatic carbocycles. The first-order valence-electron chi connectivity index (χ1n) is 11.5. The number of aliphatic hydroxyl groups excluding tert-OH is 1. The lowest BCUT2D eigenvalue weighted by atomic mass is 10.1. The zero-order chi connectivity index (χ0) is 21.0. The van der Waals surface area contributed by atoms with E-state index < -0.39 is 6.10 Å². The molecule has 29 heavy (non-hydrogen) atoms.